The lowest BCUT2D eigenvalue weighted by molar-refractivity contribution is 0.0712. The number of aromatic hydroxyl groups is 1. The van der Waals surface area contributed by atoms with Crippen molar-refractivity contribution in [1.29, 1.82) is 0 Å². The highest BCUT2D eigenvalue weighted by Gasteiger charge is 2.39. The standard InChI is InChI=1S/C17H26N2O2/c1-16(2)8-11(9-17(3,4)10-16)19-15(21)12-6-5-7-13(18)14(12)20/h5-7,11,20H,8-10,18H2,1-4H3,(H,19,21). The monoisotopic (exact) mass is 290 g/mol. The summed E-state index contributed by atoms with van der Waals surface area (Å²) in [6, 6.07) is 4.98. The zero-order valence-electron chi connectivity index (χ0n) is 13.4. The number of nitrogen functional groups attached to an aromatic ring is 1. The first-order valence-electron chi connectivity index (χ1n) is 7.48. The number of rotatable bonds is 2. The Kier molecular flexibility index (Phi) is 3.91. The smallest absolute Gasteiger partial charge is 0.255 e. The van der Waals surface area contributed by atoms with E-state index in [1.807, 2.05) is 0 Å². The molecule has 4 N–H and O–H groups in total. The Bertz CT molecular complexity index is 534. The molecule has 21 heavy (non-hydrogen) atoms. The molecular weight excluding hydrogens is 264 g/mol. The summed E-state index contributed by atoms with van der Waals surface area (Å²) < 4.78 is 0. The van der Waals surface area contributed by atoms with E-state index in [9.17, 15) is 9.90 Å². The molecule has 0 atom stereocenters. The molecule has 0 radical (unpaired) electrons. The number of phenolic OH excluding ortho intramolecular Hbond substituents is 1. The third-order valence-electron chi connectivity index (χ3n) is 4.20. The molecule has 1 amide bonds. The van der Waals surface area contributed by atoms with Crippen molar-refractivity contribution >= 4 is 11.6 Å². The number of hydrogen-bond acceptors (Lipinski definition) is 3. The molecule has 0 aliphatic heterocycles. The molecule has 0 bridgehead atoms. The van der Waals surface area contributed by atoms with Crippen LogP contribution in [0, 0.1) is 10.8 Å². The van der Waals surface area contributed by atoms with Gasteiger partial charge in [-0.05, 0) is 42.2 Å². The van der Waals surface area contributed by atoms with Crippen LogP contribution in [-0.2, 0) is 0 Å². The minimum absolute atomic E-state index is 0.122. The molecule has 0 aromatic heterocycles. The van der Waals surface area contributed by atoms with Gasteiger partial charge in [0.2, 0.25) is 0 Å². The summed E-state index contributed by atoms with van der Waals surface area (Å²) in [5.74, 6) is -0.386. The van der Waals surface area contributed by atoms with Gasteiger partial charge < -0.3 is 16.2 Å². The van der Waals surface area contributed by atoms with Gasteiger partial charge in [0.1, 0.15) is 0 Å². The molecule has 1 aliphatic rings. The van der Waals surface area contributed by atoms with Crippen LogP contribution in [0.3, 0.4) is 0 Å². The third kappa shape index (κ3) is 3.69. The number of nitrogens with two attached hydrogens (primary N) is 1. The fourth-order valence-electron chi connectivity index (χ4n) is 3.96. The average molecular weight is 290 g/mol. The summed E-state index contributed by atoms with van der Waals surface area (Å²) in [6.07, 6.45) is 3.05. The van der Waals surface area contributed by atoms with Crippen LogP contribution in [0.1, 0.15) is 57.3 Å². The van der Waals surface area contributed by atoms with Crippen LogP contribution in [0.5, 0.6) is 5.75 Å². The van der Waals surface area contributed by atoms with E-state index in [1.165, 1.54) is 0 Å². The van der Waals surface area contributed by atoms with Crippen molar-refractivity contribution in [2.45, 2.75) is 53.0 Å². The topological polar surface area (TPSA) is 75.4 Å². The van der Waals surface area contributed by atoms with Crippen LogP contribution >= 0.6 is 0 Å². The van der Waals surface area contributed by atoms with Gasteiger partial charge >= 0.3 is 0 Å². The number of amides is 1. The summed E-state index contributed by atoms with van der Waals surface area (Å²) in [6.45, 7) is 8.96. The Morgan fingerprint density at radius 3 is 2.38 bits per heavy atom. The first kappa shape index (κ1) is 15.7. The van der Waals surface area contributed by atoms with Crippen LogP contribution in [0.15, 0.2) is 18.2 Å². The predicted octanol–water partition coefficient (Wildman–Crippen LogP) is 3.31. The fraction of sp³-hybridized carbons (Fsp3) is 0.588. The zero-order chi connectivity index (χ0) is 15.8. The van der Waals surface area contributed by atoms with Gasteiger partial charge in [0.15, 0.2) is 5.75 Å². The highest BCUT2D eigenvalue weighted by molar-refractivity contribution is 5.98. The molecule has 116 valence electrons. The summed E-state index contributed by atoms with van der Waals surface area (Å²) in [4.78, 5) is 12.4. The summed E-state index contributed by atoms with van der Waals surface area (Å²) in [5, 5.41) is 13.0. The van der Waals surface area contributed by atoms with Gasteiger partial charge in [-0.2, -0.15) is 0 Å². The lowest BCUT2D eigenvalue weighted by Crippen LogP contribution is -2.46. The second kappa shape index (κ2) is 5.24. The molecule has 4 heteroatoms. The predicted molar refractivity (Wildman–Crippen MR) is 85.2 cm³/mol. The van der Waals surface area contributed by atoms with E-state index < -0.39 is 0 Å². The quantitative estimate of drug-likeness (QED) is 0.578. The fourth-order valence-corrected chi connectivity index (χ4v) is 3.96. The SMILES string of the molecule is CC1(C)CC(NC(=O)c2cccc(N)c2O)CC(C)(C)C1. The molecule has 1 saturated carbocycles. The molecule has 1 aromatic rings. The van der Waals surface area contributed by atoms with E-state index in [0.717, 1.165) is 19.3 Å². The lowest BCUT2D eigenvalue weighted by atomic mass is 9.63. The molecule has 1 aromatic carbocycles. The van der Waals surface area contributed by atoms with Gasteiger partial charge in [-0.25, -0.2) is 0 Å². The van der Waals surface area contributed by atoms with Crippen molar-refractivity contribution in [2.75, 3.05) is 5.73 Å². The number of benzene rings is 1. The van der Waals surface area contributed by atoms with E-state index in [2.05, 4.69) is 33.0 Å². The maximum atomic E-state index is 12.4. The van der Waals surface area contributed by atoms with Gasteiger partial charge in [0, 0.05) is 6.04 Å². The van der Waals surface area contributed by atoms with E-state index in [-0.39, 0.29) is 39.8 Å². The van der Waals surface area contributed by atoms with Crippen LogP contribution in [-0.4, -0.2) is 17.1 Å². The van der Waals surface area contributed by atoms with Crippen molar-refractivity contribution in [2.24, 2.45) is 10.8 Å². The highest BCUT2D eigenvalue weighted by Crippen LogP contribution is 2.45. The molecular formula is C17H26N2O2. The first-order valence-corrected chi connectivity index (χ1v) is 7.48. The minimum atomic E-state index is -0.252. The first-order chi connectivity index (χ1) is 9.60. The maximum absolute atomic E-state index is 12.4. The normalized spacial score (nSPS) is 21.0. The summed E-state index contributed by atoms with van der Waals surface area (Å²) >= 11 is 0. The largest absolute Gasteiger partial charge is 0.505 e. The molecule has 0 unspecified atom stereocenters. The molecule has 0 saturated heterocycles. The Morgan fingerprint density at radius 2 is 1.81 bits per heavy atom. The molecule has 4 nitrogen and oxygen atoms in total. The second-order valence-corrected chi connectivity index (χ2v) is 7.83. The Balaban J connectivity index is 2.14. The number of carbonyl (C=O) groups is 1. The van der Waals surface area contributed by atoms with E-state index in [1.54, 1.807) is 18.2 Å². The number of carbonyl (C=O) groups excluding carboxylic acids is 1. The highest BCUT2D eigenvalue weighted by atomic mass is 16.3. The zero-order valence-corrected chi connectivity index (χ0v) is 13.4. The Hall–Kier alpha value is -1.71. The number of para-hydroxylation sites is 1. The maximum Gasteiger partial charge on any atom is 0.255 e. The molecule has 0 heterocycles. The Labute approximate surface area is 126 Å². The van der Waals surface area contributed by atoms with Crippen LogP contribution < -0.4 is 11.1 Å². The number of phenols is 1. The number of anilines is 1. The van der Waals surface area contributed by atoms with Crippen molar-refractivity contribution in [3.05, 3.63) is 23.8 Å². The molecule has 0 spiro atoms. The van der Waals surface area contributed by atoms with Gasteiger partial charge in [-0.3, -0.25) is 4.79 Å². The van der Waals surface area contributed by atoms with Crippen molar-refractivity contribution in [1.82, 2.24) is 5.32 Å². The molecule has 1 fully saturated rings. The summed E-state index contributed by atoms with van der Waals surface area (Å²) in [5.41, 5.74) is 6.53. The van der Waals surface area contributed by atoms with Crippen molar-refractivity contribution in [3.63, 3.8) is 0 Å². The summed E-state index contributed by atoms with van der Waals surface area (Å²) in [7, 11) is 0. The van der Waals surface area contributed by atoms with Crippen LogP contribution in [0.4, 0.5) is 5.69 Å². The van der Waals surface area contributed by atoms with E-state index in [4.69, 9.17) is 5.73 Å². The minimum Gasteiger partial charge on any atom is -0.505 e. The number of hydrogen-bond donors (Lipinski definition) is 3. The van der Waals surface area contributed by atoms with Gasteiger partial charge in [-0.1, -0.05) is 33.8 Å². The Morgan fingerprint density at radius 1 is 1.24 bits per heavy atom. The van der Waals surface area contributed by atoms with E-state index >= 15 is 0 Å². The van der Waals surface area contributed by atoms with Gasteiger partial charge in [-0.15, -0.1) is 0 Å². The number of nitrogens with one attached hydrogen (secondary N) is 1. The van der Waals surface area contributed by atoms with E-state index in [0.29, 0.717) is 0 Å². The second-order valence-electron chi connectivity index (χ2n) is 7.83. The molecule has 1 aliphatic carbocycles. The van der Waals surface area contributed by atoms with Crippen LogP contribution in [0.2, 0.25) is 0 Å². The third-order valence-corrected chi connectivity index (χ3v) is 4.20. The van der Waals surface area contributed by atoms with Crippen LogP contribution in [0.25, 0.3) is 0 Å². The molecule has 2 rings (SSSR count). The van der Waals surface area contributed by atoms with Gasteiger partial charge in [0.05, 0.1) is 11.3 Å². The van der Waals surface area contributed by atoms with Crippen molar-refractivity contribution in [3.8, 4) is 5.75 Å². The van der Waals surface area contributed by atoms with Crippen molar-refractivity contribution < 1.29 is 9.90 Å². The van der Waals surface area contributed by atoms with Gasteiger partial charge in [0.25, 0.3) is 5.91 Å². The average Bonchev–Trinajstić information content (AvgIpc) is 2.28. The lowest BCUT2D eigenvalue weighted by Gasteiger charge is -2.45.